The van der Waals surface area contributed by atoms with Gasteiger partial charge in [0, 0.05) is 18.6 Å². The molecule has 2 atom stereocenters. The highest BCUT2D eigenvalue weighted by Crippen LogP contribution is 2.39. The molecule has 0 amide bonds. The number of rotatable bonds is 4. The fourth-order valence-electron chi connectivity index (χ4n) is 3.74. The molecule has 1 fully saturated rings. The molecular weight excluding hydrogens is 244 g/mol. The summed E-state index contributed by atoms with van der Waals surface area (Å²) in [6, 6.07) is 5.81. The van der Waals surface area contributed by atoms with Gasteiger partial charge in [0.15, 0.2) is 0 Å². The lowest BCUT2D eigenvalue weighted by Gasteiger charge is -2.29. The predicted octanol–water partition coefficient (Wildman–Crippen LogP) is 3.60. The van der Waals surface area contributed by atoms with Crippen LogP contribution in [-0.2, 0) is 0 Å². The van der Waals surface area contributed by atoms with E-state index in [0.29, 0.717) is 12.1 Å². The molecule has 112 valence electrons. The molecule has 1 aromatic rings. The fraction of sp³-hybridized carbons (Fsp3) is 0.667. The van der Waals surface area contributed by atoms with Crippen molar-refractivity contribution >= 4 is 0 Å². The first-order chi connectivity index (χ1) is 9.40. The van der Waals surface area contributed by atoms with Crippen molar-refractivity contribution in [2.24, 2.45) is 5.92 Å². The monoisotopic (exact) mass is 274 g/mol. The van der Waals surface area contributed by atoms with Gasteiger partial charge in [0.05, 0.1) is 0 Å². The smallest absolute Gasteiger partial charge is 0.0391 e. The molecule has 0 bridgehead atoms. The van der Waals surface area contributed by atoms with Crippen LogP contribution in [0.25, 0.3) is 0 Å². The SMILES string of the molecule is Cc1cc(C)c(C2C(CNC(C)C)CCN2C)c(C)c1. The van der Waals surface area contributed by atoms with Gasteiger partial charge in [-0.1, -0.05) is 31.5 Å². The lowest BCUT2D eigenvalue weighted by atomic mass is 9.87. The third-order valence-corrected chi connectivity index (χ3v) is 4.60. The number of nitrogens with zero attached hydrogens (tertiary/aromatic N) is 1. The molecule has 0 aromatic heterocycles. The normalized spacial score (nSPS) is 23.8. The number of hydrogen-bond donors (Lipinski definition) is 1. The Labute approximate surface area is 124 Å². The molecular formula is C18H30N2. The highest BCUT2D eigenvalue weighted by molar-refractivity contribution is 5.40. The van der Waals surface area contributed by atoms with Crippen molar-refractivity contribution in [1.29, 1.82) is 0 Å². The summed E-state index contributed by atoms with van der Waals surface area (Å²) in [7, 11) is 2.28. The molecule has 2 rings (SSSR count). The van der Waals surface area contributed by atoms with Crippen LogP contribution in [0.2, 0.25) is 0 Å². The average molecular weight is 274 g/mol. The van der Waals surface area contributed by atoms with Gasteiger partial charge in [0.25, 0.3) is 0 Å². The van der Waals surface area contributed by atoms with E-state index in [4.69, 9.17) is 0 Å². The van der Waals surface area contributed by atoms with E-state index in [1.165, 1.54) is 29.7 Å². The van der Waals surface area contributed by atoms with Crippen molar-refractivity contribution in [3.05, 3.63) is 34.4 Å². The van der Waals surface area contributed by atoms with Crippen LogP contribution in [0.1, 0.15) is 48.6 Å². The molecule has 0 saturated carbocycles. The molecule has 0 spiro atoms. The van der Waals surface area contributed by atoms with Crippen molar-refractivity contribution in [3.63, 3.8) is 0 Å². The Morgan fingerprint density at radius 1 is 1.20 bits per heavy atom. The Bertz CT molecular complexity index is 441. The number of likely N-dealkylation sites (tertiary alicyclic amines) is 1. The third kappa shape index (κ3) is 3.24. The fourth-order valence-corrected chi connectivity index (χ4v) is 3.74. The number of benzene rings is 1. The van der Waals surface area contributed by atoms with Gasteiger partial charge >= 0.3 is 0 Å². The Kier molecular flexibility index (Phi) is 4.87. The molecule has 0 aliphatic carbocycles. The number of aryl methyl sites for hydroxylation is 3. The second-order valence-corrected chi connectivity index (χ2v) is 6.85. The minimum Gasteiger partial charge on any atom is -0.314 e. The Morgan fingerprint density at radius 3 is 2.35 bits per heavy atom. The van der Waals surface area contributed by atoms with Gasteiger partial charge in [-0.2, -0.15) is 0 Å². The molecule has 1 N–H and O–H groups in total. The van der Waals surface area contributed by atoms with E-state index in [2.05, 4.69) is 64.0 Å². The van der Waals surface area contributed by atoms with Gasteiger partial charge in [-0.15, -0.1) is 0 Å². The van der Waals surface area contributed by atoms with Crippen molar-refractivity contribution in [2.45, 2.75) is 53.1 Å². The first-order valence-electron chi connectivity index (χ1n) is 7.91. The summed E-state index contributed by atoms with van der Waals surface area (Å²) < 4.78 is 0. The van der Waals surface area contributed by atoms with Crippen LogP contribution in [0, 0.1) is 26.7 Å². The summed E-state index contributed by atoms with van der Waals surface area (Å²) in [5.41, 5.74) is 5.85. The van der Waals surface area contributed by atoms with Crippen LogP contribution in [-0.4, -0.2) is 31.1 Å². The van der Waals surface area contributed by atoms with Crippen LogP contribution in [0.3, 0.4) is 0 Å². The zero-order chi connectivity index (χ0) is 14.9. The second-order valence-electron chi connectivity index (χ2n) is 6.85. The van der Waals surface area contributed by atoms with Gasteiger partial charge in [-0.25, -0.2) is 0 Å². The quantitative estimate of drug-likeness (QED) is 0.902. The molecule has 2 heteroatoms. The van der Waals surface area contributed by atoms with E-state index in [-0.39, 0.29) is 0 Å². The van der Waals surface area contributed by atoms with E-state index in [9.17, 15) is 0 Å². The van der Waals surface area contributed by atoms with Crippen molar-refractivity contribution in [1.82, 2.24) is 10.2 Å². The lowest BCUT2D eigenvalue weighted by Crippen LogP contribution is -2.32. The Balaban J connectivity index is 2.28. The molecule has 1 heterocycles. The van der Waals surface area contributed by atoms with Gasteiger partial charge < -0.3 is 5.32 Å². The molecule has 1 aromatic carbocycles. The topological polar surface area (TPSA) is 15.3 Å². The van der Waals surface area contributed by atoms with Crippen molar-refractivity contribution in [2.75, 3.05) is 20.1 Å². The zero-order valence-corrected chi connectivity index (χ0v) is 14.0. The van der Waals surface area contributed by atoms with Crippen molar-refractivity contribution in [3.8, 4) is 0 Å². The summed E-state index contributed by atoms with van der Waals surface area (Å²) >= 11 is 0. The summed E-state index contributed by atoms with van der Waals surface area (Å²) in [6.45, 7) is 13.5. The van der Waals surface area contributed by atoms with Crippen LogP contribution in [0.5, 0.6) is 0 Å². The van der Waals surface area contributed by atoms with Crippen LogP contribution >= 0.6 is 0 Å². The Hall–Kier alpha value is -0.860. The maximum atomic E-state index is 3.63. The molecule has 1 aliphatic rings. The van der Waals surface area contributed by atoms with Gasteiger partial charge in [-0.05, 0) is 63.4 Å². The minimum absolute atomic E-state index is 0.571. The largest absolute Gasteiger partial charge is 0.314 e. The molecule has 2 unspecified atom stereocenters. The van der Waals surface area contributed by atoms with E-state index >= 15 is 0 Å². The first-order valence-corrected chi connectivity index (χ1v) is 7.91. The first kappa shape index (κ1) is 15.5. The molecule has 20 heavy (non-hydrogen) atoms. The van der Waals surface area contributed by atoms with E-state index in [1.54, 1.807) is 5.56 Å². The van der Waals surface area contributed by atoms with Crippen LogP contribution in [0.4, 0.5) is 0 Å². The Morgan fingerprint density at radius 2 is 1.80 bits per heavy atom. The van der Waals surface area contributed by atoms with Crippen molar-refractivity contribution < 1.29 is 0 Å². The van der Waals surface area contributed by atoms with E-state index in [0.717, 1.165) is 12.5 Å². The maximum Gasteiger partial charge on any atom is 0.0391 e. The second kappa shape index (κ2) is 6.28. The average Bonchev–Trinajstić information content (AvgIpc) is 2.67. The molecule has 1 aliphatic heterocycles. The summed E-state index contributed by atoms with van der Waals surface area (Å²) in [4.78, 5) is 2.54. The lowest BCUT2D eigenvalue weighted by molar-refractivity contribution is 0.267. The number of hydrogen-bond acceptors (Lipinski definition) is 2. The zero-order valence-electron chi connectivity index (χ0n) is 14.0. The predicted molar refractivity (Wildman–Crippen MR) is 87.3 cm³/mol. The highest BCUT2D eigenvalue weighted by atomic mass is 15.2. The summed E-state index contributed by atoms with van der Waals surface area (Å²) in [6.07, 6.45) is 1.30. The van der Waals surface area contributed by atoms with Crippen LogP contribution < -0.4 is 5.32 Å². The molecule has 2 nitrogen and oxygen atoms in total. The third-order valence-electron chi connectivity index (χ3n) is 4.60. The number of nitrogens with one attached hydrogen (secondary N) is 1. The van der Waals surface area contributed by atoms with Crippen LogP contribution in [0.15, 0.2) is 12.1 Å². The van der Waals surface area contributed by atoms with Gasteiger partial charge in [0.2, 0.25) is 0 Å². The maximum absolute atomic E-state index is 3.63. The molecule has 0 radical (unpaired) electrons. The van der Waals surface area contributed by atoms with E-state index in [1.807, 2.05) is 0 Å². The van der Waals surface area contributed by atoms with Gasteiger partial charge in [-0.3, -0.25) is 4.90 Å². The summed E-state index contributed by atoms with van der Waals surface area (Å²) in [5.74, 6) is 0.725. The highest BCUT2D eigenvalue weighted by Gasteiger charge is 2.34. The minimum atomic E-state index is 0.571. The summed E-state index contributed by atoms with van der Waals surface area (Å²) in [5, 5.41) is 3.63. The van der Waals surface area contributed by atoms with E-state index < -0.39 is 0 Å². The standard InChI is InChI=1S/C18H30N2/c1-12(2)19-11-16-7-8-20(6)18(16)17-14(4)9-13(3)10-15(17)5/h9-10,12,16,18-19H,7-8,11H2,1-6H3. The molecule has 1 saturated heterocycles. The van der Waals surface area contributed by atoms with Gasteiger partial charge in [0.1, 0.15) is 0 Å².